The highest BCUT2D eigenvalue weighted by molar-refractivity contribution is 8.00. The van der Waals surface area contributed by atoms with Gasteiger partial charge >= 0.3 is 17.1 Å². The zero-order valence-electron chi connectivity index (χ0n) is 61.1. The van der Waals surface area contributed by atoms with Crippen molar-refractivity contribution < 1.29 is 50.5 Å². The molecule has 6 aromatic carbocycles. The van der Waals surface area contributed by atoms with Crippen molar-refractivity contribution in [1.82, 2.24) is 43.4 Å². The van der Waals surface area contributed by atoms with E-state index in [0.29, 0.717) is 149 Å². The standard InChI is InChI=1S/C28H29ClF2N4O3S.C25H22Cl2F2N4O3S.C25H24ClFN4O3S/c1-6-23(36)35-15(3)10-33(11-16(35)4)27-19-7-14(2)24(18-8-20(29)22(31)9-21(18)30)26-25(19)34(28(37)32-27)12-17(38-5)13-39-26;1-3-20(34)31-4-6-32(7-5-31)24-15-9-17(27)21(14-8-16(26)19(29)10-18(14)28)23-22(15)33(25(35)30-24)11-13(36-2)12-37-23;1-3-20(32)29-8-10-30(11-9-29)24-18-12-19(26)21(15-4-6-16(27)7-5-15)23-22(18)31(25(33)28-24)13-17(34-2)14-35-23/h6-9,15-17H,1,10-13H2,2-5H3;3,8-10,13H,1,4-7,11-12H2,2H3;3-7,12,17H,1,8-11,13-14H2,2H3/t15-,16+,17-;13-;17-/m011/s1. The molecular formula is C78H75Cl4F5N12O9S3. The van der Waals surface area contributed by atoms with Crippen LogP contribution in [0.5, 0.6) is 0 Å². The summed E-state index contributed by atoms with van der Waals surface area (Å²) >= 11 is 30.1. The second-order valence-electron chi connectivity index (χ2n) is 27.3. The first-order valence-electron chi connectivity index (χ1n) is 35.4. The van der Waals surface area contributed by atoms with E-state index in [0.717, 1.165) is 50.0 Å². The fourth-order valence-corrected chi connectivity index (χ4v) is 20.2. The summed E-state index contributed by atoms with van der Waals surface area (Å²) in [5, 5.41) is 2.40. The van der Waals surface area contributed by atoms with Crippen molar-refractivity contribution in [3.8, 4) is 33.4 Å². The lowest BCUT2D eigenvalue weighted by atomic mass is 9.97. The topological polar surface area (TPSA) is 203 Å². The first-order valence-corrected chi connectivity index (χ1v) is 39.8. The first kappa shape index (κ1) is 80.6. The van der Waals surface area contributed by atoms with E-state index >= 15 is 8.78 Å². The predicted octanol–water partition coefficient (Wildman–Crippen LogP) is 13.5. The van der Waals surface area contributed by atoms with Gasteiger partial charge < -0.3 is 43.6 Å². The number of methoxy groups -OCH3 is 3. The van der Waals surface area contributed by atoms with Crippen molar-refractivity contribution in [2.75, 3.05) is 119 Å². The summed E-state index contributed by atoms with van der Waals surface area (Å²) < 4.78 is 93.4. The number of hydrogen-bond acceptors (Lipinski definition) is 18. The number of piperazine rings is 3. The van der Waals surface area contributed by atoms with Gasteiger partial charge in [0, 0.05) is 187 Å². The number of aromatic nitrogens is 6. The average molecular weight is 1660 g/mol. The lowest BCUT2D eigenvalue weighted by molar-refractivity contribution is -0.130. The normalized spacial score (nSPS) is 19.0. The molecule has 9 heterocycles. The molecule has 5 atom stereocenters. The number of nitrogens with zero attached hydrogens (tertiary/aromatic N) is 12. The Labute approximate surface area is 667 Å². The SMILES string of the molecule is C=CC(=O)N1CCN(c2nc(=O)n3c4c(c(-c5cc(Cl)c(F)cc5F)c(Cl)cc24)SC[C@H](OC)C3)CC1.C=CC(=O)N1CCN(c2nc(=O)n3c4c(c(-c5ccc(F)cc5)c(Cl)cc24)SC[C@H](OC)C3)CC1.C=CC(=O)N1[C@H](C)CN(c2nc(=O)n3c4c(c(-c5cc(Cl)c(F)cc5F)c(C)cc24)SC[C@@H](OC)C3)C[C@@H]1C. The molecule has 3 aromatic heterocycles. The molecule has 0 bridgehead atoms. The van der Waals surface area contributed by atoms with Gasteiger partial charge in [0.25, 0.3) is 0 Å². The van der Waals surface area contributed by atoms with Crippen LogP contribution in [0.2, 0.25) is 20.1 Å². The molecule has 0 saturated carbocycles. The van der Waals surface area contributed by atoms with Crippen LogP contribution < -0.4 is 31.8 Å². The van der Waals surface area contributed by atoms with E-state index < -0.39 is 34.6 Å². The van der Waals surface area contributed by atoms with Gasteiger partial charge in [-0.15, -0.1) is 35.3 Å². The van der Waals surface area contributed by atoms with Crippen molar-refractivity contribution >= 4 is 150 Å². The van der Waals surface area contributed by atoms with Crippen molar-refractivity contribution in [2.45, 2.75) is 85.5 Å². The highest BCUT2D eigenvalue weighted by Crippen LogP contribution is 2.50. The van der Waals surface area contributed by atoms with Gasteiger partial charge in [0.1, 0.15) is 46.5 Å². The smallest absolute Gasteiger partial charge is 0.350 e. The summed E-state index contributed by atoms with van der Waals surface area (Å²) in [6.45, 7) is 22.2. The second-order valence-corrected chi connectivity index (χ2v) is 32.0. The van der Waals surface area contributed by atoms with Crippen LogP contribution in [0.3, 0.4) is 0 Å². The molecule has 6 aliphatic heterocycles. The van der Waals surface area contributed by atoms with Gasteiger partial charge in [0.15, 0.2) is 0 Å². The quantitative estimate of drug-likeness (QED) is 0.0634. The van der Waals surface area contributed by atoms with Crippen LogP contribution in [0.25, 0.3) is 66.1 Å². The Morgan fingerprint density at radius 3 is 1.22 bits per heavy atom. The third kappa shape index (κ3) is 15.8. The first-order chi connectivity index (χ1) is 53.2. The van der Waals surface area contributed by atoms with Crippen molar-refractivity contribution in [1.29, 1.82) is 0 Å². The maximum atomic E-state index is 15.2. The van der Waals surface area contributed by atoms with E-state index in [4.69, 9.17) is 60.6 Å². The van der Waals surface area contributed by atoms with E-state index in [-0.39, 0.29) is 98.9 Å². The van der Waals surface area contributed by atoms with Crippen LogP contribution in [-0.2, 0) is 48.2 Å². The largest absolute Gasteiger partial charge is 0.379 e. The number of ether oxygens (including phenoxy) is 3. The minimum atomic E-state index is -0.879. The minimum Gasteiger partial charge on any atom is -0.379 e. The lowest BCUT2D eigenvalue weighted by Gasteiger charge is -2.44. The summed E-state index contributed by atoms with van der Waals surface area (Å²) in [6, 6.07) is 15.3. The molecule has 3 amide bonds. The van der Waals surface area contributed by atoms with Gasteiger partial charge in [-0.25, -0.2) is 36.3 Å². The molecule has 0 radical (unpaired) electrons. The number of rotatable bonds is 12. The summed E-state index contributed by atoms with van der Waals surface area (Å²) in [6.07, 6.45) is 3.12. The molecule has 0 N–H and O–H groups in total. The molecule has 582 valence electrons. The number of amides is 3. The van der Waals surface area contributed by atoms with Crippen LogP contribution in [-0.4, -0.2) is 196 Å². The molecule has 9 aromatic rings. The molecule has 15 rings (SSSR count). The third-order valence-electron chi connectivity index (χ3n) is 20.6. The van der Waals surface area contributed by atoms with Crippen LogP contribution in [0.4, 0.5) is 39.4 Å². The Morgan fingerprint density at radius 2 is 0.820 bits per heavy atom. The molecule has 0 aliphatic carbocycles. The zero-order valence-corrected chi connectivity index (χ0v) is 66.5. The molecular weight excluding hydrogens is 1580 g/mol. The van der Waals surface area contributed by atoms with Gasteiger partial charge in [0.2, 0.25) is 17.7 Å². The van der Waals surface area contributed by atoms with Crippen molar-refractivity contribution in [2.24, 2.45) is 0 Å². The number of aryl methyl sites for hydroxylation is 1. The van der Waals surface area contributed by atoms with E-state index in [1.54, 1.807) is 75.1 Å². The van der Waals surface area contributed by atoms with Crippen molar-refractivity contribution in [3.63, 3.8) is 0 Å². The second kappa shape index (κ2) is 33.7. The Morgan fingerprint density at radius 1 is 0.459 bits per heavy atom. The number of carbonyl (C=O) groups is 3. The van der Waals surface area contributed by atoms with Crippen LogP contribution in [0, 0.1) is 36.0 Å². The number of halogens is 9. The maximum Gasteiger partial charge on any atom is 0.350 e. The van der Waals surface area contributed by atoms with E-state index in [1.165, 1.54) is 70.6 Å². The van der Waals surface area contributed by atoms with Gasteiger partial charge in [-0.1, -0.05) is 78.3 Å². The highest BCUT2D eigenvalue weighted by atomic mass is 35.5. The van der Waals surface area contributed by atoms with Crippen LogP contribution in [0.15, 0.2) is 134 Å². The summed E-state index contributed by atoms with van der Waals surface area (Å²) in [4.78, 5) is 103. The molecule has 6 aliphatic rings. The minimum absolute atomic E-state index is 0.0329. The fraction of sp³-hybridized carbons (Fsp3) is 0.346. The Hall–Kier alpha value is -8.49. The van der Waals surface area contributed by atoms with E-state index in [2.05, 4.69) is 34.7 Å². The zero-order chi connectivity index (χ0) is 79.3. The summed E-state index contributed by atoms with van der Waals surface area (Å²) in [5.74, 6) is -0.904. The lowest BCUT2D eigenvalue weighted by Crippen LogP contribution is -2.58. The fourth-order valence-electron chi connectivity index (χ4n) is 15.1. The predicted molar refractivity (Wildman–Crippen MR) is 430 cm³/mol. The molecule has 0 unspecified atom stereocenters. The van der Waals surface area contributed by atoms with Gasteiger partial charge in [-0.2, -0.15) is 15.0 Å². The molecule has 21 nitrogen and oxygen atoms in total. The number of benzene rings is 6. The number of hydrogen-bond donors (Lipinski definition) is 0. The highest BCUT2D eigenvalue weighted by Gasteiger charge is 2.38. The van der Waals surface area contributed by atoms with Gasteiger partial charge in [0.05, 0.1) is 74.6 Å². The van der Waals surface area contributed by atoms with Crippen LogP contribution in [0.1, 0.15) is 19.4 Å². The van der Waals surface area contributed by atoms with Crippen molar-refractivity contribution in [3.05, 3.63) is 191 Å². The summed E-state index contributed by atoms with van der Waals surface area (Å²) in [7, 11) is 4.77. The number of anilines is 3. The Kier molecular flexibility index (Phi) is 24.4. The molecule has 3 saturated heterocycles. The molecule has 0 spiro atoms. The number of thioether (sulfide) groups is 3. The molecule has 111 heavy (non-hydrogen) atoms. The van der Waals surface area contributed by atoms with Gasteiger partial charge in [-0.05, 0) is 92.6 Å². The maximum absolute atomic E-state index is 15.2. The van der Waals surface area contributed by atoms with E-state index in [9.17, 15) is 41.9 Å². The van der Waals surface area contributed by atoms with E-state index in [1.807, 2.05) is 47.6 Å². The summed E-state index contributed by atoms with van der Waals surface area (Å²) in [5.41, 5.74) is 3.95. The third-order valence-corrected chi connectivity index (χ3v) is 25.4. The average Bonchev–Trinajstić information content (AvgIpc) is 1.73. The van der Waals surface area contributed by atoms with Crippen LogP contribution >= 0.6 is 81.7 Å². The molecule has 33 heteroatoms. The van der Waals surface area contributed by atoms with Gasteiger partial charge in [-0.3, -0.25) is 28.1 Å². The Bertz CT molecular complexity index is 5460. The Balaban J connectivity index is 0.000000146. The number of carbonyl (C=O) groups excluding carboxylic acids is 3. The monoisotopic (exact) mass is 1650 g/mol. The molecule has 3 fully saturated rings.